The average molecular weight is 267 g/mol. The van der Waals surface area contributed by atoms with Crippen LogP contribution in [0.3, 0.4) is 0 Å². The molecule has 106 valence electrons. The largest absolute Gasteiger partial charge is 0.289 e. The van der Waals surface area contributed by atoms with Crippen molar-refractivity contribution < 1.29 is 8.78 Å². The van der Waals surface area contributed by atoms with Gasteiger partial charge in [-0.1, -0.05) is 50.6 Å². The summed E-state index contributed by atoms with van der Waals surface area (Å²) in [7, 11) is 0. The SMILES string of the molecule is CCN(CC)[C@]1(c2ccccc2)CCCCC1(F)F. The Morgan fingerprint density at radius 2 is 1.58 bits per heavy atom. The number of hydrogen-bond acceptors (Lipinski definition) is 1. The zero-order chi connectivity index (χ0) is 13.9. The molecule has 1 aliphatic carbocycles. The highest BCUT2D eigenvalue weighted by atomic mass is 19.3. The molecule has 0 bridgehead atoms. The maximum absolute atomic E-state index is 14.8. The molecule has 0 aromatic heterocycles. The Balaban J connectivity index is 2.55. The van der Waals surface area contributed by atoms with Gasteiger partial charge in [-0.15, -0.1) is 0 Å². The predicted molar refractivity (Wildman–Crippen MR) is 74.5 cm³/mol. The van der Waals surface area contributed by atoms with Gasteiger partial charge in [0.05, 0.1) is 0 Å². The van der Waals surface area contributed by atoms with Gasteiger partial charge < -0.3 is 0 Å². The number of rotatable bonds is 4. The van der Waals surface area contributed by atoms with E-state index in [0.717, 1.165) is 12.0 Å². The van der Waals surface area contributed by atoms with Crippen LogP contribution in [0.1, 0.15) is 45.1 Å². The van der Waals surface area contributed by atoms with E-state index in [1.165, 1.54) is 0 Å². The molecule has 1 nitrogen and oxygen atoms in total. The third-order valence-corrected chi connectivity index (χ3v) is 4.44. The van der Waals surface area contributed by atoms with Gasteiger partial charge in [-0.2, -0.15) is 0 Å². The Hall–Kier alpha value is -0.960. The first-order valence-electron chi connectivity index (χ1n) is 7.27. The maximum atomic E-state index is 14.8. The lowest BCUT2D eigenvalue weighted by Gasteiger charge is -2.51. The Labute approximate surface area is 114 Å². The van der Waals surface area contributed by atoms with E-state index in [9.17, 15) is 8.78 Å². The number of halogens is 2. The minimum absolute atomic E-state index is 0.00159. The fourth-order valence-electron chi connectivity index (χ4n) is 3.52. The van der Waals surface area contributed by atoms with Crippen LogP contribution in [-0.2, 0) is 5.54 Å². The summed E-state index contributed by atoms with van der Waals surface area (Å²) in [5, 5.41) is 0. The van der Waals surface area contributed by atoms with E-state index in [0.29, 0.717) is 25.9 Å². The molecule has 2 rings (SSSR count). The summed E-state index contributed by atoms with van der Waals surface area (Å²) in [4.78, 5) is 1.95. The summed E-state index contributed by atoms with van der Waals surface area (Å²) in [6.07, 6.45) is 2.05. The van der Waals surface area contributed by atoms with E-state index in [1.54, 1.807) is 0 Å². The molecule has 0 aliphatic heterocycles. The first kappa shape index (κ1) is 14.4. The van der Waals surface area contributed by atoms with Crippen molar-refractivity contribution >= 4 is 0 Å². The number of benzene rings is 1. The van der Waals surface area contributed by atoms with Gasteiger partial charge in [-0.05, 0) is 31.5 Å². The lowest BCUT2D eigenvalue weighted by molar-refractivity contribution is -0.173. The molecular formula is C16H23F2N. The van der Waals surface area contributed by atoms with Crippen molar-refractivity contribution in [2.75, 3.05) is 13.1 Å². The summed E-state index contributed by atoms with van der Waals surface area (Å²) in [6.45, 7) is 5.25. The fraction of sp³-hybridized carbons (Fsp3) is 0.625. The normalized spacial score (nSPS) is 26.6. The summed E-state index contributed by atoms with van der Waals surface area (Å²) in [5.41, 5.74) is -0.348. The zero-order valence-corrected chi connectivity index (χ0v) is 11.8. The van der Waals surface area contributed by atoms with Crippen molar-refractivity contribution in [3.8, 4) is 0 Å². The van der Waals surface area contributed by atoms with Crippen molar-refractivity contribution in [1.82, 2.24) is 4.90 Å². The number of nitrogens with zero attached hydrogens (tertiary/aromatic N) is 1. The van der Waals surface area contributed by atoms with Crippen LogP contribution in [0.15, 0.2) is 30.3 Å². The van der Waals surface area contributed by atoms with E-state index in [1.807, 2.05) is 49.1 Å². The molecule has 1 aliphatic rings. The second-order valence-corrected chi connectivity index (χ2v) is 5.31. The van der Waals surface area contributed by atoms with Crippen LogP contribution in [0.4, 0.5) is 8.78 Å². The highest BCUT2D eigenvalue weighted by Crippen LogP contribution is 2.51. The van der Waals surface area contributed by atoms with E-state index in [-0.39, 0.29) is 6.42 Å². The lowest BCUT2D eigenvalue weighted by Crippen LogP contribution is -2.59. The molecule has 1 saturated carbocycles. The van der Waals surface area contributed by atoms with Crippen molar-refractivity contribution in [1.29, 1.82) is 0 Å². The zero-order valence-electron chi connectivity index (χ0n) is 11.8. The topological polar surface area (TPSA) is 3.24 Å². The quantitative estimate of drug-likeness (QED) is 0.780. The molecular weight excluding hydrogens is 244 g/mol. The molecule has 0 spiro atoms. The lowest BCUT2D eigenvalue weighted by atomic mass is 9.72. The highest BCUT2D eigenvalue weighted by Gasteiger charge is 2.58. The summed E-state index contributed by atoms with van der Waals surface area (Å²) >= 11 is 0. The number of hydrogen-bond donors (Lipinski definition) is 0. The monoisotopic (exact) mass is 267 g/mol. The van der Waals surface area contributed by atoms with Gasteiger partial charge in [0.2, 0.25) is 0 Å². The van der Waals surface area contributed by atoms with Crippen LogP contribution in [0, 0.1) is 0 Å². The van der Waals surface area contributed by atoms with Crippen molar-refractivity contribution in [3.05, 3.63) is 35.9 Å². The molecule has 0 N–H and O–H groups in total. The molecule has 0 saturated heterocycles. The van der Waals surface area contributed by atoms with Gasteiger partial charge in [0, 0.05) is 6.42 Å². The Kier molecular flexibility index (Phi) is 4.24. The van der Waals surface area contributed by atoms with Gasteiger partial charge in [0.15, 0.2) is 0 Å². The minimum Gasteiger partial charge on any atom is -0.289 e. The third kappa shape index (κ3) is 2.29. The standard InChI is InChI=1S/C16H23F2N/c1-3-19(4-2)15(14-10-6-5-7-11-14)12-8-9-13-16(15,17)18/h5-7,10-11H,3-4,8-9,12-13H2,1-2H3/t15-/m0/s1. The molecule has 1 aromatic rings. The van der Waals surface area contributed by atoms with Gasteiger partial charge in [0.25, 0.3) is 5.92 Å². The molecule has 1 atom stereocenters. The molecule has 1 aromatic carbocycles. The smallest absolute Gasteiger partial charge is 0.270 e. The van der Waals surface area contributed by atoms with E-state index in [2.05, 4.69) is 0 Å². The minimum atomic E-state index is -2.65. The second kappa shape index (κ2) is 5.58. The summed E-state index contributed by atoms with van der Waals surface area (Å²) in [5.74, 6) is -2.65. The average Bonchev–Trinajstić information content (AvgIpc) is 2.42. The first-order valence-corrected chi connectivity index (χ1v) is 7.27. The molecule has 0 heterocycles. The van der Waals surface area contributed by atoms with Crippen LogP contribution in [0.5, 0.6) is 0 Å². The third-order valence-electron chi connectivity index (χ3n) is 4.44. The second-order valence-electron chi connectivity index (χ2n) is 5.31. The molecule has 1 fully saturated rings. The van der Waals surface area contributed by atoms with Crippen LogP contribution in [-0.4, -0.2) is 23.9 Å². The van der Waals surface area contributed by atoms with Gasteiger partial charge in [-0.3, -0.25) is 4.90 Å². The molecule has 0 radical (unpaired) electrons. The summed E-state index contributed by atoms with van der Waals surface area (Å²) in [6, 6.07) is 9.34. The Morgan fingerprint density at radius 1 is 1.00 bits per heavy atom. The molecule has 19 heavy (non-hydrogen) atoms. The van der Waals surface area contributed by atoms with Crippen molar-refractivity contribution in [3.63, 3.8) is 0 Å². The van der Waals surface area contributed by atoms with Gasteiger partial charge in [0.1, 0.15) is 5.54 Å². The van der Waals surface area contributed by atoms with E-state index >= 15 is 0 Å². The predicted octanol–water partition coefficient (Wildman–Crippen LogP) is 4.43. The van der Waals surface area contributed by atoms with Crippen molar-refractivity contribution in [2.45, 2.75) is 51.0 Å². The molecule has 0 amide bonds. The van der Waals surface area contributed by atoms with Crippen LogP contribution >= 0.6 is 0 Å². The van der Waals surface area contributed by atoms with E-state index < -0.39 is 11.5 Å². The Bertz CT molecular complexity index is 400. The fourth-order valence-corrected chi connectivity index (χ4v) is 3.52. The van der Waals surface area contributed by atoms with Crippen LogP contribution in [0.2, 0.25) is 0 Å². The van der Waals surface area contributed by atoms with E-state index in [4.69, 9.17) is 0 Å². The van der Waals surface area contributed by atoms with Crippen LogP contribution in [0.25, 0.3) is 0 Å². The molecule has 0 unspecified atom stereocenters. The van der Waals surface area contributed by atoms with Gasteiger partial charge >= 0.3 is 0 Å². The number of alkyl halides is 2. The molecule has 3 heteroatoms. The maximum Gasteiger partial charge on any atom is 0.270 e. The Morgan fingerprint density at radius 3 is 2.11 bits per heavy atom. The van der Waals surface area contributed by atoms with Gasteiger partial charge in [-0.25, -0.2) is 8.78 Å². The first-order chi connectivity index (χ1) is 9.08. The summed E-state index contributed by atoms with van der Waals surface area (Å²) < 4.78 is 29.6. The van der Waals surface area contributed by atoms with Crippen molar-refractivity contribution in [2.24, 2.45) is 0 Å². The van der Waals surface area contributed by atoms with Crippen LogP contribution < -0.4 is 0 Å². The highest BCUT2D eigenvalue weighted by molar-refractivity contribution is 5.29.